The van der Waals surface area contributed by atoms with Crippen LogP contribution in [-0.4, -0.2) is 161 Å². The highest BCUT2D eigenvalue weighted by Gasteiger charge is 2.53. The predicted molar refractivity (Wildman–Crippen MR) is 219 cm³/mol. The molecule has 58 heavy (non-hydrogen) atoms. The number of carbonyl (C=O) groups excluding carboxylic acids is 1. The number of cyclic esters (lactones) is 1. The van der Waals surface area contributed by atoms with Gasteiger partial charge in [-0.3, -0.25) is 4.79 Å². The van der Waals surface area contributed by atoms with E-state index in [1.807, 2.05) is 84.1 Å². The van der Waals surface area contributed by atoms with Gasteiger partial charge in [0.25, 0.3) is 0 Å². The Morgan fingerprint density at radius 3 is 2.14 bits per heavy atom. The van der Waals surface area contributed by atoms with Gasteiger partial charge in [0.1, 0.15) is 29.7 Å². The molecule has 18 atom stereocenters. The third-order valence-corrected chi connectivity index (χ3v) is 13.2. The minimum Gasteiger partial charge on any atom is -0.483 e. The molecule has 0 saturated carbocycles. The van der Waals surface area contributed by atoms with Gasteiger partial charge in [-0.15, -0.1) is 0 Å². The van der Waals surface area contributed by atoms with Crippen molar-refractivity contribution in [2.45, 2.75) is 185 Å². The Bertz CT molecular complexity index is 1430. The van der Waals surface area contributed by atoms with E-state index in [0.717, 1.165) is 0 Å². The molecule has 0 radical (unpaired) electrons. The molecule has 1 aromatic rings. The first-order valence-corrected chi connectivity index (χ1v) is 21.2. The van der Waals surface area contributed by atoms with E-state index < -0.39 is 96.0 Å². The molecule has 4 rings (SSSR count). The summed E-state index contributed by atoms with van der Waals surface area (Å²) in [5.41, 5.74) is -4.37. The van der Waals surface area contributed by atoms with Crippen molar-refractivity contribution in [3.63, 3.8) is 0 Å². The Morgan fingerprint density at radius 2 is 1.55 bits per heavy atom. The molecule has 3 heterocycles. The van der Waals surface area contributed by atoms with Gasteiger partial charge < -0.3 is 63.4 Å². The highest BCUT2D eigenvalue weighted by molar-refractivity contribution is 5.73. The normalized spacial score (nSPS) is 45.6. The Morgan fingerprint density at radius 1 is 0.914 bits per heavy atom. The fourth-order valence-corrected chi connectivity index (χ4v) is 9.50. The summed E-state index contributed by atoms with van der Waals surface area (Å²) in [6.07, 6.45) is -7.39. The molecule has 0 spiro atoms. The lowest BCUT2D eigenvalue weighted by Crippen LogP contribution is -2.61. The summed E-state index contributed by atoms with van der Waals surface area (Å²) in [6.45, 7) is 18.4. The van der Waals surface area contributed by atoms with Crippen molar-refractivity contribution in [2.24, 2.45) is 17.8 Å². The van der Waals surface area contributed by atoms with Crippen molar-refractivity contribution < 1.29 is 58.4 Å². The second-order valence-corrected chi connectivity index (χ2v) is 18.6. The van der Waals surface area contributed by atoms with E-state index in [1.165, 1.54) is 14.0 Å². The lowest BCUT2D eigenvalue weighted by Gasteiger charge is -2.49. The van der Waals surface area contributed by atoms with E-state index >= 15 is 0 Å². The number of nitrogens with zero attached hydrogens (tertiary/aromatic N) is 2. The Hall–Kier alpha value is -1.95. The van der Waals surface area contributed by atoms with E-state index in [4.69, 9.17) is 33.2 Å². The van der Waals surface area contributed by atoms with Crippen molar-refractivity contribution in [3.05, 3.63) is 30.3 Å². The number of ether oxygens (including phenoxy) is 7. The van der Waals surface area contributed by atoms with Gasteiger partial charge in [0.15, 0.2) is 18.7 Å². The van der Waals surface area contributed by atoms with Crippen LogP contribution in [0.5, 0.6) is 5.75 Å². The average Bonchev–Trinajstić information content (AvgIpc) is 3.16. The number of para-hydroxylation sites is 1. The number of carbonyl (C=O) groups is 1. The highest BCUT2D eigenvalue weighted by atomic mass is 16.7. The van der Waals surface area contributed by atoms with Crippen LogP contribution < -0.4 is 4.74 Å². The van der Waals surface area contributed by atoms with Gasteiger partial charge in [0.05, 0.1) is 47.6 Å². The number of rotatable bonds is 9. The van der Waals surface area contributed by atoms with Gasteiger partial charge in [-0.05, 0) is 107 Å². The van der Waals surface area contributed by atoms with Crippen LogP contribution in [-0.2, 0) is 33.2 Å². The number of hydrogen-bond acceptors (Lipinski definition) is 14. The van der Waals surface area contributed by atoms with E-state index in [2.05, 4.69) is 4.90 Å². The van der Waals surface area contributed by atoms with Crippen molar-refractivity contribution >= 4 is 5.97 Å². The third-order valence-electron chi connectivity index (χ3n) is 13.2. The van der Waals surface area contributed by atoms with Crippen LogP contribution in [0.1, 0.15) is 94.9 Å². The molecule has 4 N–H and O–H groups in total. The zero-order valence-electron chi connectivity index (χ0n) is 37.5. The maximum atomic E-state index is 14.4. The van der Waals surface area contributed by atoms with Crippen LogP contribution in [0.25, 0.3) is 0 Å². The van der Waals surface area contributed by atoms with Gasteiger partial charge in [-0.2, -0.15) is 0 Å². The molecule has 14 heteroatoms. The first-order chi connectivity index (χ1) is 27.0. The van der Waals surface area contributed by atoms with Crippen molar-refractivity contribution in [3.8, 4) is 5.75 Å². The highest BCUT2D eigenvalue weighted by Crippen LogP contribution is 2.40. The fraction of sp³-hybridized carbons (Fsp3) is 0.841. The first-order valence-electron chi connectivity index (χ1n) is 21.2. The number of aliphatic hydroxyl groups excluding tert-OH is 2. The van der Waals surface area contributed by atoms with Crippen LogP contribution in [0, 0.1) is 17.8 Å². The molecule has 0 aromatic heterocycles. The van der Waals surface area contributed by atoms with E-state index in [1.54, 1.807) is 34.6 Å². The second kappa shape index (κ2) is 19.8. The van der Waals surface area contributed by atoms with E-state index in [-0.39, 0.29) is 37.3 Å². The molecule has 0 unspecified atom stereocenters. The average molecular weight is 825 g/mol. The second-order valence-electron chi connectivity index (χ2n) is 18.6. The molecule has 1 aromatic carbocycles. The maximum absolute atomic E-state index is 14.4. The Kier molecular flexibility index (Phi) is 16.7. The van der Waals surface area contributed by atoms with Gasteiger partial charge >= 0.3 is 5.97 Å². The number of benzene rings is 1. The van der Waals surface area contributed by atoms with E-state index in [9.17, 15) is 25.2 Å². The summed E-state index contributed by atoms with van der Waals surface area (Å²) >= 11 is 0. The quantitative estimate of drug-likeness (QED) is 0.264. The third kappa shape index (κ3) is 11.1. The zero-order chi connectivity index (χ0) is 43.5. The molecular formula is C44H76N2O12. The Labute approximate surface area is 347 Å². The number of aliphatic hydroxyl groups is 4. The number of hydrogen-bond donors (Lipinski definition) is 4. The van der Waals surface area contributed by atoms with Crippen LogP contribution in [0.2, 0.25) is 0 Å². The molecule has 3 aliphatic rings. The minimum absolute atomic E-state index is 0.119. The van der Waals surface area contributed by atoms with E-state index in [0.29, 0.717) is 18.7 Å². The number of likely N-dealkylation sites (N-methyl/N-ethyl adjacent to an activating group) is 2. The monoisotopic (exact) mass is 825 g/mol. The molecule has 0 aliphatic carbocycles. The van der Waals surface area contributed by atoms with Gasteiger partial charge in [-0.25, -0.2) is 0 Å². The predicted octanol–water partition coefficient (Wildman–Crippen LogP) is 3.99. The fourth-order valence-electron chi connectivity index (χ4n) is 9.50. The smallest absolute Gasteiger partial charge is 0.311 e. The van der Waals surface area contributed by atoms with Crippen molar-refractivity contribution in [2.75, 3.05) is 34.8 Å². The number of esters is 1. The van der Waals surface area contributed by atoms with Gasteiger partial charge in [0.2, 0.25) is 0 Å². The van der Waals surface area contributed by atoms with Crippen LogP contribution >= 0.6 is 0 Å². The molecule has 14 nitrogen and oxygen atoms in total. The summed E-state index contributed by atoms with van der Waals surface area (Å²) in [5.74, 6) is -1.89. The van der Waals surface area contributed by atoms with Crippen LogP contribution in [0.3, 0.4) is 0 Å². The van der Waals surface area contributed by atoms with Gasteiger partial charge in [-0.1, -0.05) is 39.0 Å². The summed E-state index contributed by atoms with van der Waals surface area (Å²) in [7, 11) is 7.38. The summed E-state index contributed by atoms with van der Waals surface area (Å²) in [5, 5.41) is 47.3. The summed E-state index contributed by atoms with van der Waals surface area (Å²) in [4.78, 5) is 18.5. The molecule has 3 fully saturated rings. The van der Waals surface area contributed by atoms with Gasteiger partial charge in [0, 0.05) is 32.0 Å². The summed E-state index contributed by atoms with van der Waals surface area (Å²) in [6, 6.07) is 8.84. The largest absolute Gasteiger partial charge is 0.483 e. The topological polar surface area (TPSA) is 169 Å². The molecule has 3 saturated heterocycles. The molecule has 0 amide bonds. The minimum atomic E-state index is -1.80. The van der Waals surface area contributed by atoms with Crippen LogP contribution in [0.4, 0.5) is 0 Å². The number of methoxy groups -OCH3 is 1. The SMILES string of the molecule is CC[C@H]1OC(=O)[C@H](C)[C@@H](O[C@H]2C[C@@](C)(OC)[C@@H](O)[C@H](C)O2)[C@H](C)[C@@H](O[C@@H]2O[C@H](C)C[C@H](N(C)C)[C@H]2Oc2ccccc2)[C@](C)(O)C[C@@H](C)CN(C)[C@H](C)[C@@H](O)[C@]1(C)O. The zero-order valence-corrected chi connectivity index (χ0v) is 37.5. The van der Waals surface area contributed by atoms with Crippen molar-refractivity contribution in [1.82, 2.24) is 9.80 Å². The molecular weight excluding hydrogens is 748 g/mol. The molecule has 3 aliphatic heterocycles. The maximum Gasteiger partial charge on any atom is 0.311 e. The molecule has 334 valence electrons. The van der Waals surface area contributed by atoms with Crippen molar-refractivity contribution in [1.29, 1.82) is 0 Å². The first kappa shape index (κ1) is 48.7. The lowest BCUT2D eigenvalue weighted by molar-refractivity contribution is -0.316. The standard InChI is InChI=1S/C44H76N2O12/c1-15-33-44(10,51)37(47)29(6)46(13)24-25(2)22-42(8,50)39(58-41-36(55-31-19-17-16-18-20-31)32(45(11)12)21-26(3)53-41)27(4)35(28(5)40(49)56-33)57-34-23-43(9,52-14)38(48)30(7)54-34/h16-20,25-30,32-39,41,47-48,50-51H,15,21-24H2,1-14H3/t25-,26-,27+,28-,29-,30+,32+,33-,34+,35+,36-,37-,38+,39-,41+,42-,43-,44-/m1/s1. The lowest BCUT2D eigenvalue weighted by atomic mass is 9.77. The summed E-state index contributed by atoms with van der Waals surface area (Å²) < 4.78 is 45.4. The Balaban J connectivity index is 1.86. The van der Waals surface area contributed by atoms with Crippen LogP contribution in [0.15, 0.2) is 30.3 Å². The molecule has 0 bridgehead atoms.